The molecular weight excluding hydrogens is 244 g/mol. The van der Waals surface area contributed by atoms with Gasteiger partial charge in [0.1, 0.15) is 11.4 Å². The lowest BCUT2D eigenvalue weighted by Crippen LogP contribution is -2.06. The molecule has 0 radical (unpaired) electrons. The van der Waals surface area contributed by atoms with E-state index in [2.05, 4.69) is 10.3 Å². The van der Waals surface area contributed by atoms with Crippen LogP contribution in [0.2, 0.25) is 0 Å². The van der Waals surface area contributed by atoms with Crippen LogP contribution in [0, 0.1) is 0 Å². The van der Waals surface area contributed by atoms with Crippen molar-refractivity contribution in [3.8, 4) is 17.0 Å². The summed E-state index contributed by atoms with van der Waals surface area (Å²) < 4.78 is 7.00. The Labute approximate surface area is 111 Å². The molecule has 1 aromatic heterocycles. The Bertz CT molecular complexity index is 539. The van der Waals surface area contributed by atoms with Crippen LogP contribution in [0.4, 0.5) is 0 Å². The number of aromatic nitrogens is 3. The number of aryl methyl sites for hydroxylation is 1. The molecule has 0 saturated heterocycles. The van der Waals surface area contributed by atoms with Crippen LogP contribution in [0.15, 0.2) is 24.3 Å². The van der Waals surface area contributed by atoms with E-state index < -0.39 is 0 Å². The second-order valence-corrected chi connectivity index (χ2v) is 4.12. The van der Waals surface area contributed by atoms with Gasteiger partial charge in [0.25, 0.3) is 0 Å². The lowest BCUT2D eigenvalue weighted by molar-refractivity contribution is 0.276. The van der Waals surface area contributed by atoms with Gasteiger partial charge in [0, 0.05) is 25.3 Å². The first kappa shape index (κ1) is 13.5. The molecule has 2 rings (SSSR count). The van der Waals surface area contributed by atoms with E-state index in [4.69, 9.17) is 15.6 Å². The zero-order valence-electron chi connectivity index (χ0n) is 10.9. The third-order valence-corrected chi connectivity index (χ3v) is 2.87. The molecule has 0 aliphatic carbocycles. The largest absolute Gasteiger partial charge is 0.497 e. The molecule has 0 aliphatic heterocycles. The first-order valence-corrected chi connectivity index (χ1v) is 6.18. The van der Waals surface area contributed by atoms with Gasteiger partial charge in [0.15, 0.2) is 0 Å². The number of methoxy groups -OCH3 is 1. The van der Waals surface area contributed by atoms with Crippen LogP contribution < -0.4 is 10.5 Å². The lowest BCUT2D eigenvalue weighted by atomic mass is 10.1. The monoisotopic (exact) mass is 262 g/mol. The predicted molar refractivity (Wildman–Crippen MR) is 71.6 cm³/mol. The quantitative estimate of drug-likeness (QED) is 0.804. The number of benzene rings is 1. The van der Waals surface area contributed by atoms with E-state index in [0.717, 1.165) is 22.7 Å². The molecule has 0 aliphatic rings. The molecule has 1 aromatic carbocycles. The summed E-state index contributed by atoms with van der Waals surface area (Å²) in [6.45, 7) is 1.05. The Morgan fingerprint density at radius 3 is 2.95 bits per heavy atom. The van der Waals surface area contributed by atoms with E-state index in [9.17, 15) is 0 Å². The van der Waals surface area contributed by atoms with Crippen molar-refractivity contribution in [2.75, 3.05) is 13.7 Å². The van der Waals surface area contributed by atoms with E-state index in [0.29, 0.717) is 19.5 Å². The van der Waals surface area contributed by atoms with Crippen LogP contribution in [-0.4, -0.2) is 33.8 Å². The highest BCUT2D eigenvalue weighted by Crippen LogP contribution is 2.25. The van der Waals surface area contributed by atoms with Gasteiger partial charge < -0.3 is 15.6 Å². The second-order valence-electron chi connectivity index (χ2n) is 4.12. The fourth-order valence-corrected chi connectivity index (χ4v) is 1.95. The minimum atomic E-state index is 0.120. The van der Waals surface area contributed by atoms with Crippen molar-refractivity contribution in [1.82, 2.24) is 15.0 Å². The summed E-state index contributed by atoms with van der Waals surface area (Å²) in [7, 11) is 1.63. The number of aliphatic hydroxyl groups is 1. The highest BCUT2D eigenvalue weighted by Gasteiger charge is 2.14. The zero-order chi connectivity index (χ0) is 13.7. The first-order chi connectivity index (χ1) is 9.30. The van der Waals surface area contributed by atoms with Gasteiger partial charge >= 0.3 is 0 Å². The molecule has 6 heteroatoms. The van der Waals surface area contributed by atoms with Gasteiger partial charge in [-0.1, -0.05) is 17.3 Å². The average molecular weight is 262 g/mol. The molecular formula is C13H18N4O2. The minimum Gasteiger partial charge on any atom is -0.497 e. The van der Waals surface area contributed by atoms with Crippen molar-refractivity contribution in [3.63, 3.8) is 0 Å². The number of hydrogen-bond acceptors (Lipinski definition) is 5. The topological polar surface area (TPSA) is 86.2 Å². The SMILES string of the molecule is COc1cccc(-c2c(CN)nnn2CCCO)c1. The smallest absolute Gasteiger partial charge is 0.119 e. The minimum absolute atomic E-state index is 0.120. The highest BCUT2D eigenvalue weighted by molar-refractivity contribution is 5.63. The summed E-state index contributed by atoms with van der Waals surface area (Å²) in [4.78, 5) is 0. The maximum atomic E-state index is 8.93. The van der Waals surface area contributed by atoms with Gasteiger partial charge in [-0.2, -0.15) is 0 Å². The van der Waals surface area contributed by atoms with Crippen molar-refractivity contribution in [2.24, 2.45) is 5.73 Å². The maximum absolute atomic E-state index is 8.93. The molecule has 0 atom stereocenters. The third kappa shape index (κ3) is 2.91. The molecule has 1 heterocycles. The summed E-state index contributed by atoms with van der Waals surface area (Å²) in [5.41, 5.74) is 8.29. The van der Waals surface area contributed by atoms with Crippen molar-refractivity contribution in [3.05, 3.63) is 30.0 Å². The van der Waals surface area contributed by atoms with E-state index >= 15 is 0 Å². The van der Waals surface area contributed by atoms with Crippen LogP contribution in [0.25, 0.3) is 11.3 Å². The molecule has 0 fully saturated rings. The van der Waals surface area contributed by atoms with Crippen LogP contribution >= 0.6 is 0 Å². The lowest BCUT2D eigenvalue weighted by Gasteiger charge is -2.08. The van der Waals surface area contributed by atoms with Gasteiger partial charge in [0.05, 0.1) is 12.8 Å². The number of rotatable bonds is 6. The van der Waals surface area contributed by atoms with Gasteiger partial charge in [-0.05, 0) is 18.6 Å². The van der Waals surface area contributed by atoms with Crippen molar-refractivity contribution in [2.45, 2.75) is 19.5 Å². The summed E-state index contributed by atoms with van der Waals surface area (Å²) >= 11 is 0. The maximum Gasteiger partial charge on any atom is 0.119 e. The molecule has 102 valence electrons. The number of ether oxygens (including phenoxy) is 1. The first-order valence-electron chi connectivity index (χ1n) is 6.18. The molecule has 0 unspecified atom stereocenters. The summed E-state index contributed by atoms with van der Waals surface area (Å²) in [5.74, 6) is 0.773. The van der Waals surface area contributed by atoms with Crippen molar-refractivity contribution < 1.29 is 9.84 Å². The predicted octanol–water partition coefficient (Wildman–Crippen LogP) is 0.795. The van der Waals surface area contributed by atoms with Crippen LogP contribution in [0.5, 0.6) is 5.75 Å². The second kappa shape index (κ2) is 6.31. The summed E-state index contributed by atoms with van der Waals surface area (Å²) in [6, 6.07) is 7.69. The molecule has 6 nitrogen and oxygen atoms in total. The van der Waals surface area contributed by atoms with Crippen molar-refractivity contribution in [1.29, 1.82) is 0 Å². The van der Waals surface area contributed by atoms with Gasteiger partial charge in [-0.25, -0.2) is 4.68 Å². The zero-order valence-corrected chi connectivity index (χ0v) is 10.9. The Morgan fingerprint density at radius 1 is 1.42 bits per heavy atom. The number of hydrogen-bond donors (Lipinski definition) is 2. The van der Waals surface area contributed by atoms with Crippen LogP contribution in [-0.2, 0) is 13.1 Å². The van der Waals surface area contributed by atoms with Gasteiger partial charge in [0.2, 0.25) is 0 Å². The Hall–Kier alpha value is -1.92. The van der Waals surface area contributed by atoms with E-state index in [1.165, 1.54) is 0 Å². The van der Waals surface area contributed by atoms with E-state index in [-0.39, 0.29) is 6.61 Å². The van der Waals surface area contributed by atoms with Crippen LogP contribution in [0.3, 0.4) is 0 Å². The van der Waals surface area contributed by atoms with Crippen LogP contribution in [0.1, 0.15) is 12.1 Å². The van der Waals surface area contributed by atoms with Crippen molar-refractivity contribution >= 4 is 0 Å². The standard InChI is InChI=1S/C13H18N4O2/c1-19-11-5-2-4-10(8-11)13-12(9-14)15-16-17(13)6-3-7-18/h2,4-5,8,18H,3,6-7,9,14H2,1H3. The fourth-order valence-electron chi connectivity index (χ4n) is 1.95. The van der Waals surface area contributed by atoms with Gasteiger partial charge in [-0.15, -0.1) is 5.10 Å². The summed E-state index contributed by atoms with van der Waals surface area (Å²) in [5, 5.41) is 17.1. The average Bonchev–Trinajstić information content (AvgIpc) is 2.88. The Kier molecular flexibility index (Phi) is 4.48. The Morgan fingerprint density at radius 2 is 2.26 bits per heavy atom. The molecule has 0 saturated carbocycles. The highest BCUT2D eigenvalue weighted by atomic mass is 16.5. The molecule has 0 spiro atoms. The van der Waals surface area contributed by atoms with Gasteiger partial charge in [-0.3, -0.25) is 0 Å². The Balaban J connectivity index is 2.42. The van der Waals surface area contributed by atoms with E-state index in [1.54, 1.807) is 11.8 Å². The molecule has 2 aromatic rings. The summed E-state index contributed by atoms with van der Waals surface area (Å²) in [6.07, 6.45) is 0.629. The van der Waals surface area contributed by atoms with E-state index in [1.807, 2.05) is 24.3 Å². The molecule has 0 bridgehead atoms. The molecule has 19 heavy (non-hydrogen) atoms. The normalized spacial score (nSPS) is 10.7. The number of nitrogens with two attached hydrogens (primary N) is 1. The molecule has 3 N–H and O–H groups in total. The fraction of sp³-hybridized carbons (Fsp3) is 0.385. The molecule has 0 amide bonds. The number of aliphatic hydroxyl groups excluding tert-OH is 1. The third-order valence-electron chi connectivity index (χ3n) is 2.87. The number of nitrogens with zero attached hydrogens (tertiary/aromatic N) is 3.